The van der Waals surface area contributed by atoms with Crippen molar-refractivity contribution in [2.45, 2.75) is 162 Å². The van der Waals surface area contributed by atoms with Crippen molar-refractivity contribution in [3.63, 3.8) is 0 Å². The zero-order chi connectivity index (χ0) is 49.1. The Morgan fingerprint density at radius 3 is 1.24 bits per heavy atom. The van der Waals surface area contributed by atoms with Crippen molar-refractivity contribution in [2.24, 2.45) is 35.1 Å². The van der Waals surface area contributed by atoms with E-state index in [1.165, 1.54) is 64.2 Å². The van der Waals surface area contributed by atoms with Gasteiger partial charge in [-0.25, -0.2) is 4.57 Å². The topological polar surface area (TPSA) is 161 Å². The summed E-state index contributed by atoms with van der Waals surface area (Å²) in [5.41, 5.74) is 11.4. The van der Waals surface area contributed by atoms with E-state index in [0.717, 1.165) is 160 Å². The van der Waals surface area contributed by atoms with E-state index >= 15 is 0 Å². The molecule has 386 valence electrons. The Labute approximate surface area is 412 Å². The van der Waals surface area contributed by atoms with Crippen LogP contribution in [0, 0.1) is 23.7 Å². The Bertz CT molecular complexity index is 1620. The van der Waals surface area contributed by atoms with Gasteiger partial charge in [-0.3, -0.25) is 24.0 Å². The minimum atomic E-state index is -0.410. The van der Waals surface area contributed by atoms with Crippen molar-refractivity contribution < 1.29 is 28.5 Å². The summed E-state index contributed by atoms with van der Waals surface area (Å²) in [6.45, 7) is 16.7. The smallest absolute Gasteiger partial charge is 0.254 e. The summed E-state index contributed by atoms with van der Waals surface area (Å²) in [7, 11) is 4.14. The standard InChI is InChI=1S/C30H49N5O3.C24H46N4O2/c1-3-7-28(36)34-20-11-25(12-21-34)8-4-9-26-13-22-35(23-14-26)29(37)15-19-32(2)16-6-18-33-17-5-10-27(24-33)30(31)38;1-3-6-23(29)27-17-9-21(10-18-27)7-4-8-22-11-19-28(20-12-22)24(30)13-16-26(2)15-5-14-25/h5,10,17,24-26H,3-4,6-9,11-16,18-23H2,1-2H3,(H-,31,38);21-22H,3-20,25H2,1-2H3/p+1. The number of nitrogens with two attached hydrogens (primary N) is 2. The zero-order valence-electron chi connectivity index (χ0n) is 43.4. The largest absolute Gasteiger partial charge is 0.365 e. The van der Waals surface area contributed by atoms with Crippen LogP contribution in [-0.2, 0) is 25.7 Å². The molecule has 1 aromatic rings. The lowest BCUT2D eigenvalue weighted by Gasteiger charge is -2.34. The lowest BCUT2D eigenvalue weighted by atomic mass is 9.86. The first-order valence-electron chi connectivity index (χ1n) is 27.4. The molecule has 0 aliphatic carbocycles. The molecular weight excluding hydrogens is 855 g/mol. The van der Waals surface area contributed by atoms with Crippen molar-refractivity contribution in [1.82, 2.24) is 29.4 Å². The second-order valence-electron chi connectivity index (χ2n) is 21.0. The molecule has 0 saturated carbocycles. The quantitative estimate of drug-likeness (QED) is 0.102. The summed E-state index contributed by atoms with van der Waals surface area (Å²) in [5, 5.41) is 0. The Kier molecular flexibility index (Phi) is 27.1. The van der Waals surface area contributed by atoms with Crippen molar-refractivity contribution in [3.05, 3.63) is 30.1 Å². The predicted molar refractivity (Wildman–Crippen MR) is 272 cm³/mol. The number of primary amides is 1. The van der Waals surface area contributed by atoms with Gasteiger partial charge < -0.3 is 40.9 Å². The molecule has 1 aromatic heterocycles. The maximum Gasteiger partial charge on any atom is 0.254 e. The first kappa shape index (κ1) is 57.0. The highest BCUT2D eigenvalue weighted by Gasteiger charge is 2.27. The van der Waals surface area contributed by atoms with Crippen molar-refractivity contribution in [2.75, 3.05) is 99.2 Å². The number of pyridine rings is 1. The number of hydrogen-bond acceptors (Lipinski definition) is 8. The van der Waals surface area contributed by atoms with E-state index in [4.69, 9.17) is 11.5 Å². The van der Waals surface area contributed by atoms with E-state index < -0.39 is 5.91 Å². The molecule has 5 amide bonds. The summed E-state index contributed by atoms with van der Waals surface area (Å²) >= 11 is 0. The highest BCUT2D eigenvalue weighted by molar-refractivity contribution is 5.92. The third-order valence-corrected chi connectivity index (χ3v) is 15.5. The third kappa shape index (κ3) is 21.6. The summed E-state index contributed by atoms with van der Waals surface area (Å²) in [6, 6.07) is 3.57. The van der Waals surface area contributed by atoms with Crippen LogP contribution in [0.1, 0.15) is 165 Å². The molecule has 0 bridgehead atoms. The van der Waals surface area contributed by atoms with Crippen LogP contribution < -0.4 is 16.0 Å². The molecule has 0 radical (unpaired) electrons. The van der Waals surface area contributed by atoms with Crippen LogP contribution in [-0.4, -0.2) is 158 Å². The van der Waals surface area contributed by atoms with Gasteiger partial charge in [0.15, 0.2) is 12.4 Å². The van der Waals surface area contributed by atoms with Gasteiger partial charge in [0.2, 0.25) is 23.6 Å². The maximum absolute atomic E-state index is 12.8. The van der Waals surface area contributed by atoms with Crippen LogP contribution in [0.15, 0.2) is 24.5 Å². The summed E-state index contributed by atoms with van der Waals surface area (Å²) < 4.78 is 1.99. The van der Waals surface area contributed by atoms with Gasteiger partial charge in [-0.05, 0) is 128 Å². The highest BCUT2D eigenvalue weighted by Crippen LogP contribution is 2.29. The van der Waals surface area contributed by atoms with Crippen LogP contribution >= 0.6 is 0 Å². The first-order valence-corrected chi connectivity index (χ1v) is 27.4. The summed E-state index contributed by atoms with van der Waals surface area (Å²) in [6.07, 6.45) is 27.2. The van der Waals surface area contributed by atoms with Gasteiger partial charge in [-0.15, -0.1) is 0 Å². The Morgan fingerprint density at radius 2 is 0.897 bits per heavy atom. The zero-order valence-corrected chi connectivity index (χ0v) is 43.4. The number of likely N-dealkylation sites (tertiary alicyclic amines) is 4. The Balaban J connectivity index is 0.000000305. The van der Waals surface area contributed by atoms with Gasteiger partial charge in [0.25, 0.3) is 5.91 Å². The number of nitrogens with zero attached hydrogens (tertiary/aromatic N) is 7. The van der Waals surface area contributed by atoms with Gasteiger partial charge >= 0.3 is 0 Å². The van der Waals surface area contributed by atoms with Crippen LogP contribution in [0.4, 0.5) is 0 Å². The minimum absolute atomic E-state index is 0.281. The molecule has 4 fully saturated rings. The SMILES string of the molecule is CCCC(=O)N1CCC(CCCC2CCN(C(=O)CCN(C)CCCN)CC2)CC1.CCCC(=O)N1CCC(CCCC2CCN(C(=O)CCN(C)CCC[n+]3cccc(C(N)=O)c3)CC2)CC1. The lowest BCUT2D eigenvalue weighted by Crippen LogP contribution is -2.40. The van der Waals surface area contributed by atoms with Gasteiger partial charge in [-0.2, -0.15) is 0 Å². The number of carbonyl (C=O) groups excluding carboxylic acids is 5. The van der Waals surface area contributed by atoms with Gasteiger partial charge in [0, 0.05) is 110 Å². The molecule has 68 heavy (non-hydrogen) atoms. The number of aromatic nitrogens is 1. The van der Waals surface area contributed by atoms with E-state index in [0.29, 0.717) is 55.5 Å². The molecule has 0 unspecified atom stereocenters. The number of rotatable bonds is 26. The van der Waals surface area contributed by atoms with Crippen LogP contribution in [0.3, 0.4) is 0 Å². The molecule has 0 spiro atoms. The highest BCUT2D eigenvalue weighted by atomic mass is 16.2. The predicted octanol–water partition coefficient (Wildman–Crippen LogP) is 6.34. The average molecular weight is 951 g/mol. The molecule has 0 aromatic carbocycles. The van der Waals surface area contributed by atoms with Crippen LogP contribution in [0.2, 0.25) is 0 Å². The monoisotopic (exact) mass is 951 g/mol. The lowest BCUT2D eigenvalue weighted by molar-refractivity contribution is -0.697. The Hall–Kier alpha value is -3.62. The molecule has 5 rings (SSSR count). The number of carbonyl (C=O) groups is 5. The van der Waals surface area contributed by atoms with E-state index in [2.05, 4.69) is 57.3 Å². The molecule has 4 aliphatic heterocycles. The fraction of sp³-hybridized carbons (Fsp3) is 0.815. The minimum Gasteiger partial charge on any atom is -0.365 e. The number of hydrogen-bond donors (Lipinski definition) is 2. The third-order valence-electron chi connectivity index (χ3n) is 15.5. The van der Waals surface area contributed by atoms with E-state index in [9.17, 15) is 24.0 Å². The van der Waals surface area contributed by atoms with E-state index in [1.54, 1.807) is 12.3 Å². The molecule has 4 saturated heterocycles. The fourth-order valence-electron chi connectivity index (χ4n) is 10.8. The fourth-order valence-corrected chi connectivity index (χ4v) is 10.8. The van der Waals surface area contributed by atoms with E-state index in [-0.39, 0.29) is 5.91 Å². The second-order valence-corrected chi connectivity index (χ2v) is 21.0. The van der Waals surface area contributed by atoms with Crippen molar-refractivity contribution >= 4 is 29.5 Å². The Morgan fingerprint density at radius 1 is 0.544 bits per heavy atom. The normalized spacial score (nSPS) is 18.0. The molecule has 14 heteroatoms. The van der Waals surface area contributed by atoms with Crippen LogP contribution in [0.5, 0.6) is 0 Å². The first-order chi connectivity index (χ1) is 32.9. The number of amides is 5. The van der Waals surface area contributed by atoms with Crippen molar-refractivity contribution in [3.8, 4) is 0 Å². The average Bonchev–Trinajstić information content (AvgIpc) is 3.35. The van der Waals surface area contributed by atoms with E-state index in [1.807, 2.05) is 16.8 Å². The van der Waals surface area contributed by atoms with Gasteiger partial charge in [0.1, 0.15) is 12.1 Å². The second kappa shape index (κ2) is 32.3. The molecule has 14 nitrogen and oxygen atoms in total. The maximum atomic E-state index is 12.8. The van der Waals surface area contributed by atoms with Crippen molar-refractivity contribution in [1.29, 1.82) is 0 Å². The summed E-state index contributed by atoms with van der Waals surface area (Å²) in [5.74, 6) is 3.98. The molecule has 0 atom stereocenters. The van der Waals surface area contributed by atoms with Gasteiger partial charge in [0.05, 0.1) is 0 Å². The summed E-state index contributed by atoms with van der Waals surface area (Å²) in [4.78, 5) is 73.4. The molecule has 4 N–H and O–H groups in total. The molecule has 5 heterocycles. The molecular formula is C54H96N9O5+. The molecule has 4 aliphatic rings. The number of piperidine rings is 4. The van der Waals surface area contributed by atoms with Gasteiger partial charge in [-0.1, -0.05) is 52.4 Å². The number of aryl methyl sites for hydroxylation is 1. The van der Waals surface area contributed by atoms with Crippen LogP contribution in [0.25, 0.3) is 0 Å².